The molecule has 2 heterocycles. The number of anilines is 1. The van der Waals surface area contributed by atoms with Crippen LogP contribution in [-0.2, 0) is 0 Å². The summed E-state index contributed by atoms with van der Waals surface area (Å²) in [4.78, 5) is 12.3. The van der Waals surface area contributed by atoms with Crippen molar-refractivity contribution in [3.05, 3.63) is 22.5 Å². The molecule has 0 unspecified atom stereocenters. The Balaban J connectivity index is 2.98. The highest BCUT2D eigenvalue weighted by atomic mass is 15.0. The van der Waals surface area contributed by atoms with Gasteiger partial charge in [-0.3, -0.25) is 9.98 Å². The van der Waals surface area contributed by atoms with Crippen LogP contribution >= 0.6 is 0 Å². The van der Waals surface area contributed by atoms with Gasteiger partial charge in [-0.2, -0.15) is 0 Å². The molecule has 1 aliphatic heterocycles. The van der Waals surface area contributed by atoms with Gasteiger partial charge in [0, 0.05) is 6.20 Å². The molecule has 11 heavy (non-hydrogen) atoms. The van der Waals surface area contributed by atoms with Crippen molar-refractivity contribution in [3.63, 3.8) is 0 Å². The van der Waals surface area contributed by atoms with E-state index in [9.17, 15) is 0 Å². The average Bonchev–Trinajstić information content (AvgIpc) is 2.45. The van der Waals surface area contributed by atoms with Gasteiger partial charge < -0.3 is 5.73 Å². The van der Waals surface area contributed by atoms with Crippen molar-refractivity contribution in [3.8, 4) is 0 Å². The fourth-order valence-electron chi connectivity index (χ4n) is 1.13. The number of fused-ring (bicyclic) bond motifs is 1. The number of aryl methyl sites for hydroxylation is 1. The van der Waals surface area contributed by atoms with Crippen molar-refractivity contribution in [2.24, 2.45) is 9.98 Å². The van der Waals surface area contributed by atoms with Crippen molar-refractivity contribution >= 4 is 5.82 Å². The van der Waals surface area contributed by atoms with E-state index in [1.807, 2.05) is 6.92 Å². The first-order chi connectivity index (χ1) is 5.29. The Kier molecular flexibility index (Phi) is 1.15. The van der Waals surface area contributed by atoms with Crippen molar-refractivity contribution in [2.75, 3.05) is 12.4 Å². The lowest BCUT2D eigenvalue weighted by Gasteiger charge is -1.92. The Bertz CT molecular complexity index is 368. The maximum Gasteiger partial charge on any atom is 0.151 e. The van der Waals surface area contributed by atoms with E-state index in [-0.39, 0.29) is 0 Å². The summed E-state index contributed by atoms with van der Waals surface area (Å²) in [6, 6.07) is 0. The van der Waals surface area contributed by atoms with Gasteiger partial charge in [0.15, 0.2) is 5.82 Å². The molecular formula is C7H8N4. The SMILES string of the molecule is Cc1cnc(N)c2c1=NCN=2. The van der Waals surface area contributed by atoms with Crippen LogP contribution in [-0.4, -0.2) is 11.7 Å². The van der Waals surface area contributed by atoms with Crippen molar-refractivity contribution in [1.29, 1.82) is 0 Å². The molecule has 0 saturated heterocycles. The number of aromatic nitrogens is 1. The zero-order valence-corrected chi connectivity index (χ0v) is 6.20. The molecule has 0 aliphatic carbocycles. The van der Waals surface area contributed by atoms with Crippen LogP contribution in [0.2, 0.25) is 0 Å². The van der Waals surface area contributed by atoms with Crippen LogP contribution in [0.25, 0.3) is 0 Å². The highest BCUT2D eigenvalue weighted by molar-refractivity contribution is 5.29. The lowest BCUT2D eigenvalue weighted by molar-refractivity contribution is 1.05. The third-order valence-corrected chi connectivity index (χ3v) is 1.70. The second-order valence-electron chi connectivity index (χ2n) is 2.48. The van der Waals surface area contributed by atoms with Crippen LogP contribution < -0.4 is 16.4 Å². The molecule has 0 radical (unpaired) electrons. The molecule has 0 amide bonds. The Hall–Kier alpha value is -1.45. The quantitative estimate of drug-likeness (QED) is 0.522. The average molecular weight is 148 g/mol. The van der Waals surface area contributed by atoms with E-state index in [0.29, 0.717) is 12.5 Å². The molecule has 4 nitrogen and oxygen atoms in total. The standard InChI is InChI=1S/C7H8N4/c1-4-2-9-7(8)6-5(4)10-3-11-6/h2H,3H2,1H3,(H2,8,9). The molecule has 56 valence electrons. The fraction of sp³-hybridized carbons (Fsp3) is 0.286. The number of nitrogens with zero attached hydrogens (tertiary/aromatic N) is 3. The Morgan fingerprint density at radius 3 is 2.82 bits per heavy atom. The summed E-state index contributed by atoms with van der Waals surface area (Å²) in [7, 11) is 0. The third-order valence-electron chi connectivity index (χ3n) is 1.70. The van der Waals surface area contributed by atoms with Crippen LogP contribution in [0.5, 0.6) is 0 Å². The van der Waals surface area contributed by atoms with E-state index >= 15 is 0 Å². The summed E-state index contributed by atoms with van der Waals surface area (Å²) in [6.45, 7) is 2.45. The molecule has 0 fully saturated rings. The maximum atomic E-state index is 5.58. The summed E-state index contributed by atoms with van der Waals surface area (Å²) in [6.07, 6.45) is 1.72. The third kappa shape index (κ3) is 0.790. The summed E-state index contributed by atoms with van der Waals surface area (Å²) < 4.78 is 0. The number of nitrogen functional groups attached to an aromatic ring is 1. The number of hydrogen-bond acceptors (Lipinski definition) is 4. The summed E-state index contributed by atoms with van der Waals surface area (Å²) in [5.74, 6) is 0.479. The minimum atomic E-state index is 0.479. The minimum Gasteiger partial charge on any atom is -0.382 e. The highest BCUT2D eigenvalue weighted by Crippen LogP contribution is 1.89. The first kappa shape index (κ1) is 6.27. The molecule has 0 aromatic carbocycles. The number of pyridine rings is 1. The van der Waals surface area contributed by atoms with Gasteiger partial charge in [0.25, 0.3) is 0 Å². The van der Waals surface area contributed by atoms with E-state index in [0.717, 1.165) is 16.3 Å². The monoisotopic (exact) mass is 148 g/mol. The number of nitrogens with two attached hydrogens (primary N) is 1. The molecule has 1 aromatic heterocycles. The Morgan fingerprint density at radius 1 is 1.36 bits per heavy atom. The molecule has 0 atom stereocenters. The van der Waals surface area contributed by atoms with Crippen LogP contribution in [0.15, 0.2) is 16.2 Å². The van der Waals surface area contributed by atoms with Gasteiger partial charge in [0.2, 0.25) is 0 Å². The first-order valence-electron chi connectivity index (χ1n) is 3.39. The number of rotatable bonds is 0. The number of hydrogen-bond donors (Lipinski definition) is 1. The predicted molar refractivity (Wildman–Crippen MR) is 40.6 cm³/mol. The van der Waals surface area contributed by atoms with Gasteiger partial charge >= 0.3 is 0 Å². The first-order valence-corrected chi connectivity index (χ1v) is 3.39. The van der Waals surface area contributed by atoms with Gasteiger partial charge in [-0.25, -0.2) is 4.98 Å². The fourth-order valence-corrected chi connectivity index (χ4v) is 1.13. The van der Waals surface area contributed by atoms with E-state index in [4.69, 9.17) is 5.73 Å². The summed E-state index contributed by atoms with van der Waals surface area (Å²) in [5, 5.41) is 1.66. The largest absolute Gasteiger partial charge is 0.382 e. The molecular weight excluding hydrogens is 140 g/mol. The van der Waals surface area contributed by atoms with E-state index in [1.54, 1.807) is 6.20 Å². The van der Waals surface area contributed by atoms with E-state index < -0.39 is 0 Å². The normalized spacial score (nSPS) is 13.5. The summed E-state index contributed by atoms with van der Waals surface area (Å²) >= 11 is 0. The van der Waals surface area contributed by atoms with Crippen molar-refractivity contribution in [1.82, 2.24) is 4.98 Å². The molecule has 1 aliphatic rings. The van der Waals surface area contributed by atoms with Crippen molar-refractivity contribution in [2.45, 2.75) is 6.92 Å². The topological polar surface area (TPSA) is 63.6 Å². The lowest BCUT2D eigenvalue weighted by Crippen LogP contribution is -2.28. The second-order valence-corrected chi connectivity index (χ2v) is 2.48. The van der Waals surface area contributed by atoms with E-state index in [2.05, 4.69) is 15.0 Å². The molecule has 2 rings (SSSR count). The second kappa shape index (κ2) is 2.02. The minimum absolute atomic E-state index is 0.479. The maximum absolute atomic E-state index is 5.58. The predicted octanol–water partition coefficient (Wildman–Crippen LogP) is -0.817. The molecule has 2 N–H and O–H groups in total. The molecule has 0 spiro atoms. The van der Waals surface area contributed by atoms with Gasteiger partial charge in [0.1, 0.15) is 12.0 Å². The summed E-state index contributed by atoms with van der Waals surface area (Å²) in [5.41, 5.74) is 6.61. The zero-order valence-electron chi connectivity index (χ0n) is 6.20. The molecule has 0 bridgehead atoms. The Labute approximate surface area is 63.5 Å². The van der Waals surface area contributed by atoms with Crippen LogP contribution in [0.1, 0.15) is 5.56 Å². The zero-order chi connectivity index (χ0) is 7.84. The highest BCUT2D eigenvalue weighted by Gasteiger charge is 2.03. The Morgan fingerprint density at radius 2 is 2.09 bits per heavy atom. The van der Waals surface area contributed by atoms with Crippen LogP contribution in [0.4, 0.5) is 5.82 Å². The molecule has 4 heteroatoms. The molecule has 0 saturated carbocycles. The van der Waals surface area contributed by atoms with E-state index in [1.165, 1.54) is 0 Å². The lowest BCUT2D eigenvalue weighted by atomic mass is 10.3. The van der Waals surface area contributed by atoms with Gasteiger partial charge in [0.05, 0.1) is 5.36 Å². The van der Waals surface area contributed by atoms with Crippen LogP contribution in [0, 0.1) is 6.92 Å². The molecule has 1 aromatic rings. The van der Waals surface area contributed by atoms with Crippen LogP contribution in [0.3, 0.4) is 0 Å². The smallest absolute Gasteiger partial charge is 0.151 e. The van der Waals surface area contributed by atoms with Crippen molar-refractivity contribution < 1.29 is 0 Å². The van der Waals surface area contributed by atoms with Gasteiger partial charge in [-0.05, 0) is 12.5 Å². The van der Waals surface area contributed by atoms with Gasteiger partial charge in [-0.15, -0.1) is 0 Å². The van der Waals surface area contributed by atoms with Gasteiger partial charge in [-0.1, -0.05) is 0 Å².